The number of amidine groups is 1. The number of aliphatic imine (C=N–C) groups is 1. The van der Waals surface area contributed by atoms with Gasteiger partial charge in [-0.25, -0.2) is 9.38 Å². The first-order valence-corrected chi connectivity index (χ1v) is 7.15. The quantitative estimate of drug-likeness (QED) is 0.916. The van der Waals surface area contributed by atoms with E-state index in [1.807, 2.05) is 30.3 Å². The van der Waals surface area contributed by atoms with Crippen LogP contribution >= 0.6 is 11.8 Å². The van der Waals surface area contributed by atoms with Gasteiger partial charge in [0.2, 0.25) is 0 Å². The summed E-state index contributed by atoms with van der Waals surface area (Å²) in [6, 6.07) is 16.1. The van der Waals surface area contributed by atoms with E-state index in [1.54, 1.807) is 23.9 Å². The van der Waals surface area contributed by atoms with Gasteiger partial charge in [0.25, 0.3) is 0 Å². The fourth-order valence-corrected chi connectivity index (χ4v) is 2.57. The monoisotopic (exact) mass is 285 g/mol. The Morgan fingerprint density at radius 1 is 1.05 bits per heavy atom. The lowest BCUT2D eigenvalue weighted by molar-refractivity contribution is 0.628. The van der Waals surface area contributed by atoms with Gasteiger partial charge < -0.3 is 0 Å². The minimum absolute atomic E-state index is 0.239. The van der Waals surface area contributed by atoms with Crippen LogP contribution in [0, 0.1) is 5.82 Å². The molecule has 1 aliphatic rings. The Morgan fingerprint density at radius 3 is 2.45 bits per heavy atom. The molecule has 20 heavy (non-hydrogen) atoms. The van der Waals surface area contributed by atoms with Crippen molar-refractivity contribution in [2.24, 2.45) is 10.1 Å². The first-order chi connectivity index (χ1) is 9.81. The minimum Gasteiger partial charge on any atom is -0.255 e. The first-order valence-electron chi connectivity index (χ1n) is 6.16. The van der Waals surface area contributed by atoms with Crippen molar-refractivity contribution in [1.82, 2.24) is 5.43 Å². The molecule has 0 atom stereocenters. The SMILES string of the molecule is Fc1ccc(C2=NNC(=Nc3ccccc3)SC2)cc1. The third-order valence-electron chi connectivity index (χ3n) is 2.80. The van der Waals surface area contributed by atoms with Crippen molar-refractivity contribution in [3.8, 4) is 0 Å². The number of hydrogen-bond acceptors (Lipinski definition) is 3. The molecule has 5 heteroatoms. The van der Waals surface area contributed by atoms with Gasteiger partial charge in [-0.1, -0.05) is 42.1 Å². The van der Waals surface area contributed by atoms with Crippen LogP contribution in [0.1, 0.15) is 5.56 Å². The molecule has 0 saturated heterocycles. The lowest BCUT2D eigenvalue weighted by atomic mass is 10.1. The second-order valence-corrected chi connectivity index (χ2v) is 5.18. The molecule has 1 N–H and O–H groups in total. The molecule has 0 aliphatic carbocycles. The maximum Gasteiger partial charge on any atom is 0.182 e. The van der Waals surface area contributed by atoms with Gasteiger partial charge in [0.05, 0.1) is 11.4 Å². The number of rotatable bonds is 2. The maximum atomic E-state index is 12.9. The van der Waals surface area contributed by atoms with Crippen molar-refractivity contribution in [2.45, 2.75) is 0 Å². The van der Waals surface area contributed by atoms with Crippen LogP contribution in [-0.2, 0) is 0 Å². The fourth-order valence-electron chi connectivity index (χ4n) is 1.78. The van der Waals surface area contributed by atoms with E-state index in [0.29, 0.717) is 5.75 Å². The second-order valence-electron chi connectivity index (χ2n) is 4.22. The molecule has 0 aromatic heterocycles. The molecule has 0 unspecified atom stereocenters. The van der Waals surface area contributed by atoms with Gasteiger partial charge in [0.15, 0.2) is 5.17 Å². The molecule has 0 radical (unpaired) electrons. The average molecular weight is 285 g/mol. The van der Waals surface area contributed by atoms with E-state index in [2.05, 4.69) is 15.5 Å². The Balaban J connectivity index is 1.75. The number of thioether (sulfide) groups is 1. The highest BCUT2D eigenvalue weighted by atomic mass is 32.2. The van der Waals surface area contributed by atoms with Crippen LogP contribution < -0.4 is 5.43 Å². The third-order valence-corrected chi connectivity index (χ3v) is 3.67. The lowest BCUT2D eigenvalue weighted by Crippen LogP contribution is -2.25. The molecule has 0 amide bonds. The number of nitrogens with zero attached hydrogens (tertiary/aromatic N) is 2. The Morgan fingerprint density at radius 2 is 1.80 bits per heavy atom. The van der Waals surface area contributed by atoms with Gasteiger partial charge in [-0.15, -0.1) is 0 Å². The summed E-state index contributed by atoms with van der Waals surface area (Å²) in [5.41, 5.74) is 5.64. The Hall–Kier alpha value is -2.14. The van der Waals surface area contributed by atoms with Gasteiger partial charge in [-0.05, 0) is 29.8 Å². The molecular formula is C15H12FN3S. The number of para-hydroxylation sites is 1. The number of hydrazone groups is 1. The molecule has 0 spiro atoms. The Bertz CT molecular complexity index is 651. The minimum atomic E-state index is -0.239. The van der Waals surface area contributed by atoms with Crippen LogP contribution in [-0.4, -0.2) is 16.6 Å². The molecule has 1 aliphatic heterocycles. The predicted molar refractivity (Wildman–Crippen MR) is 82.1 cm³/mol. The summed E-state index contributed by atoms with van der Waals surface area (Å²) >= 11 is 1.58. The molecule has 2 aromatic rings. The van der Waals surface area contributed by atoms with Crippen LogP contribution in [0.4, 0.5) is 10.1 Å². The number of halogens is 1. The number of hydrogen-bond donors (Lipinski definition) is 1. The molecule has 3 nitrogen and oxygen atoms in total. The van der Waals surface area contributed by atoms with Crippen LogP contribution in [0.25, 0.3) is 0 Å². The molecule has 0 saturated carbocycles. The third kappa shape index (κ3) is 3.05. The molecule has 0 fully saturated rings. The Kier molecular flexibility index (Phi) is 3.78. The van der Waals surface area contributed by atoms with Crippen LogP contribution in [0.15, 0.2) is 64.7 Å². The highest BCUT2D eigenvalue weighted by Crippen LogP contribution is 2.18. The van der Waals surface area contributed by atoms with Gasteiger partial charge in [-0.3, -0.25) is 5.43 Å². The highest BCUT2D eigenvalue weighted by Gasteiger charge is 2.12. The zero-order valence-corrected chi connectivity index (χ0v) is 11.4. The van der Waals surface area contributed by atoms with E-state index >= 15 is 0 Å². The summed E-state index contributed by atoms with van der Waals surface area (Å²) < 4.78 is 12.9. The molecule has 0 bridgehead atoms. The van der Waals surface area contributed by atoms with E-state index in [4.69, 9.17) is 0 Å². The van der Waals surface area contributed by atoms with Crippen molar-refractivity contribution in [2.75, 3.05) is 5.75 Å². The van der Waals surface area contributed by atoms with E-state index in [1.165, 1.54) is 12.1 Å². The summed E-state index contributed by atoms with van der Waals surface area (Å²) in [6.45, 7) is 0. The molecule has 3 rings (SSSR count). The molecular weight excluding hydrogens is 273 g/mol. The van der Waals surface area contributed by atoms with Gasteiger partial charge >= 0.3 is 0 Å². The zero-order valence-electron chi connectivity index (χ0n) is 10.6. The van der Waals surface area contributed by atoms with Crippen molar-refractivity contribution in [3.05, 3.63) is 66.0 Å². The summed E-state index contributed by atoms with van der Waals surface area (Å²) in [4.78, 5) is 4.46. The second kappa shape index (κ2) is 5.88. The Labute approximate surface area is 120 Å². The van der Waals surface area contributed by atoms with Crippen molar-refractivity contribution in [3.63, 3.8) is 0 Å². The summed E-state index contributed by atoms with van der Waals surface area (Å²) in [5.74, 6) is 0.474. The predicted octanol–water partition coefficient (Wildman–Crippen LogP) is 3.55. The summed E-state index contributed by atoms with van der Waals surface area (Å²) in [6.07, 6.45) is 0. The molecule has 1 heterocycles. The standard InChI is InChI=1S/C15H12FN3S/c16-12-8-6-11(7-9-12)14-10-20-15(19-18-14)17-13-4-2-1-3-5-13/h1-9H,10H2,(H,17,19). The van der Waals surface area contributed by atoms with Crippen LogP contribution in [0.3, 0.4) is 0 Å². The number of nitrogens with one attached hydrogen (secondary N) is 1. The fraction of sp³-hybridized carbons (Fsp3) is 0.0667. The van der Waals surface area contributed by atoms with E-state index in [0.717, 1.165) is 22.1 Å². The smallest absolute Gasteiger partial charge is 0.182 e. The maximum absolute atomic E-state index is 12.9. The summed E-state index contributed by atoms with van der Waals surface area (Å²) in [5, 5.41) is 5.07. The van der Waals surface area contributed by atoms with Gasteiger partial charge in [0.1, 0.15) is 5.82 Å². The van der Waals surface area contributed by atoms with Crippen LogP contribution in [0.2, 0.25) is 0 Å². The summed E-state index contributed by atoms with van der Waals surface area (Å²) in [7, 11) is 0. The van der Waals surface area contributed by atoms with Crippen molar-refractivity contribution >= 4 is 28.3 Å². The molecule has 100 valence electrons. The zero-order chi connectivity index (χ0) is 13.8. The first kappa shape index (κ1) is 12.9. The van der Waals surface area contributed by atoms with Crippen molar-refractivity contribution < 1.29 is 4.39 Å². The average Bonchev–Trinajstić information content (AvgIpc) is 2.50. The largest absolute Gasteiger partial charge is 0.255 e. The van der Waals surface area contributed by atoms with Gasteiger partial charge in [-0.2, -0.15) is 5.10 Å². The van der Waals surface area contributed by atoms with Gasteiger partial charge in [0, 0.05) is 5.75 Å². The number of benzene rings is 2. The highest BCUT2D eigenvalue weighted by molar-refractivity contribution is 8.14. The van der Waals surface area contributed by atoms with E-state index < -0.39 is 0 Å². The van der Waals surface area contributed by atoms with Crippen molar-refractivity contribution in [1.29, 1.82) is 0 Å². The topological polar surface area (TPSA) is 36.8 Å². The molecule has 2 aromatic carbocycles. The van der Waals surface area contributed by atoms with E-state index in [9.17, 15) is 4.39 Å². The van der Waals surface area contributed by atoms with E-state index in [-0.39, 0.29) is 5.82 Å². The normalized spacial score (nSPS) is 16.6. The lowest BCUT2D eigenvalue weighted by Gasteiger charge is -2.14. The van der Waals surface area contributed by atoms with Crippen LogP contribution in [0.5, 0.6) is 0 Å².